The first-order valence-corrected chi connectivity index (χ1v) is 7.82. The Morgan fingerprint density at radius 3 is 2.30 bits per heavy atom. The number of hydrogen-bond acceptors (Lipinski definition) is 3. The molecular formula is C17H30IN3O2. The molecule has 5 nitrogen and oxygen atoms in total. The lowest BCUT2D eigenvalue weighted by Gasteiger charge is -2.21. The first-order valence-electron chi connectivity index (χ1n) is 7.82. The molecule has 3 N–H and O–H groups in total. The Morgan fingerprint density at radius 2 is 1.74 bits per heavy atom. The van der Waals surface area contributed by atoms with Crippen LogP contribution >= 0.6 is 24.0 Å². The van der Waals surface area contributed by atoms with E-state index >= 15 is 0 Å². The van der Waals surface area contributed by atoms with Gasteiger partial charge in [-0.25, -0.2) is 0 Å². The predicted molar refractivity (Wildman–Crippen MR) is 107 cm³/mol. The summed E-state index contributed by atoms with van der Waals surface area (Å²) >= 11 is 0. The molecule has 0 atom stereocenters. The lowest BCUT2D eigenvalue weighted by Crippen LogP contribution is -2.45. The molecule has 1 aromatic carbocycles. The monoisotopic (exact) mass is 435 g/mol. The molecule has 0 radical (unpaired) electrons. The third-order valence-electron chi connectivity index (χ3n) is 2.79. The predicted octanol–water partition coefficient (Wildman–Crippen LogP) is 3.35. The van der Waals surface area contributed by atoms with E-state index < -0.39 is 0 Å². The summed E-state index contributed by atoms with van der Waals surface area (Å²) in [6.07, 6.45) is 0.805. The van der Waals surface area contributed by atoms with Gasteiger partial charge in [0.1, 0.15) is 0 Å². The van der Waals surface area contributed by atoms with Gasteiger partial charge in [0.15, 0.2) is 17.5 Å². The number of halogens is 1. The molecular weight excluding hydrogens is 405 g/mol. The van der Waals surface area contributed by atoms with Gasteiger partial charge in [-0.2, -0.15) is 0 Å². The van der Waals surface area contributed by atoms with Crippen LogP contribution in [-0.2, 0) is 6.42 Å². The lowest BCUT2D eigenvalue weighted by atomic mass is 10.1. The highest BCUT2D eigenvalue weighted by atomic mass is 127. The van der Waals surface area contributed by atoms with Crippen molar-refractivity contribution in [1.82, 2.24) is 5.32 Å². The number of guanidine groups is 1. The molecule has 0 aliphatic rings. The second kappa shape index (κ2) is 10.6. The molecule has 0 amide bonds. The number of ether oxygens (including phenoxy) is 2. The summed E-state index contributed by atoms with van der Waals surface area (Å²) in [7, 11) is 0. The van der Waals surface area contributed by atoms with Gasteiger partial charge in [0, 0.05) is 12.1 Å². The molecule has 0 aromatic heterocycles. The molecule has 0 fully saturated rings. The maximum Gasteiger partial charge on any atom is 0.188 e. The van der Waals surface area contributed by atoms with Crippen molar-refractivity contribution in [3.8, 4) is 11.5 Å². The molecule has 0 saturated carbocycles. The molecule has 1 rings (SSSR count). The fourth-order valence-corrected chi connectivity index (χ4v) is 1.98. The molecule has 0 aliphatic heterocycles. The van der Waals surface area contributed by atoms with Crippen LogP contribution in [-0.4, -0.2) is 31.3 Å². The lowest BCUT2D eigenvalue weighted by molar-refractivity contribution is 0.287. The third kappa shape index (κ3) is 8.88. The van der Waals surface area contributed by atoms with Crippen LogP contribution in [0.5, 0.6) is 11.5 Å². The Labute approximate surface area is 157 Å². The van der Waals surface area contributed by atoms with Crippen molar-refractivity contribution in [3.05, 3.63) is 23.8 Å². The van der Waals surface area contributed by atoms with Gasteiger partial charge in [0.25, 0.3) is 0 Å². The van der Waals surface area contributed by atoms with E-state index in [1.54, 1.807) is 0 Å². The van der Waals surface area contributed by atoms with Crippen molar-refractivity contribution >= 4 is 29.9 Å². The van der Waals surface area contributed by atoms with Gasteiger partial charge in [-0.05, 0) is 58.7 Å². The highest BCUT2D eigenvalue weighted by Crippen LogP contribution is 2.28. The smallest absolute Gasteiger partial charge is 0.188 e. The van der Waals surface area contributed by atoms with E-state index in [9.17, 15) is 0 Å². The van der Waals surface area contributed by atoms with E-state index in [0.29, 0.717) is 25.7 Å². The quantitative estimate of drug-likeness (QED) is 0.392. The Kier molecular flexibility index (Phi) is 10.0. The summed E-state index contributed by atoms with van der Waals surface area (Å²) in [5.74, 6) is 2.04. The van der Waals surface area contributed by atoms with E-state index in [0.717, 1.165) is 23.5 Å². The number of nitrogens with two attached hydrogens (primary N) is 1. The van der Waals surface area contributed by atoms with E-state index in [4.69, 9.17) is 15.2 Å². The number of nitrogens with one attached hydrogen (secondary N) is 1. The maximum absolute atomic E-state index is 5.86. The zero-order valence-corrected chi connectivity index (χ0v) is 17.1. The average Bonchev–Trinajstić information content (AvgIpc) is 2.40. The second-order valence-electron chi connectivity index (χ2n) is 6.04. The van der Waals surface area contributed by atoms with Gasteiger partial charge < -0.3 is 20.5 Å². The van der Waals surface area contributed by atoms with Crippen LogP contribution in [0.1, 0.15) is 40.2 Å². The summed E-state index contributed by atoms with van der Waals surface area (Å²) in [5.41, 5.74) is 6.94. The van der Waals surface area contributed by atoms with Gasteiger partial charge >= 0.3 is 0 Å². The standard InChI is InChI=1S/C17H29N3O2.HI/c1-6-21-14-9-8-13(12-15(14)22-7-2)10-11-19-16(18)20-17(3,4)5;/h8-9,12H,6-7,10-11H2,1-5H3,(H3,18,19,20);1H. The molecule has 0 unspecified atom stereocenters. The minimum atomic E-state index is -0.0745. The Hall–Kier alpha value is -1.18. The van der Waals surface area contributed by atoms with Crippen molar-refractivity contribution in [1.29, 1.82) is 0 Å². The van der Waals surface area contributed by atoms with E-state index in [-0.39, 0.29) is 29.5 Å². The molecule has 1 aromatic rings. The van der Waals surface area contributed by atoms with Gasteiger partial charge in [-0.3, -0.25) is 4.99 Å². The minimum absolute atomic E-state index is 0. The number of aliphatic imine (C=N–C) groups is 1. The zero-order chi connectivity index (χ0) is 16.6. The van der Waals surface area contributed by atoms with Crippen LogP contribution in [0.4, 0.5) is 0 Å². The van der Waals surface area contributed by atoms with Gasteiger partial charge in [0.05, 0.1) is 13.2 Å². The van der Waals surface area contributed by atoms with Gasteiger partial charge in [0.2, 0.25) is 0 Å². The Morgan fingerprint density at radius 1 is 1.13 bits per heavy atom. The van der Waals surface area contributed by atoms with Crippen molar-refractivity contribution in [2.45, 2.75) is 46.6 Å². The summed E-state index contributed by atoms with van der Waals surface area (Å²) in [6, 6.07) is 6.00. The van der Waals surface area contributed by atoms with Crippen LogP contribution in [0.15, 0.2) is 23.2 Å². The molecule has 0 spiro atoms. The third-order valence-corrected chi connectivity index (χ3v) is 2.79. The SMILES string of the molecule is CCOc1ccc(CCN=C(N)NC(C)(C)C)cc1OCC.I. The first kappa shape index (κ1) is 21.8. The van der Waals surface area contributed by atoms with Crippen LogP contribution in [0, 0.1) is 0 Å². The largest absolute Gasteiger partial charge is 0.490 e. The highest BCUT2D eigenvalue weighted by Gasteiger charge is 2.10. The fourth-order valence-electron chi connectivity index (χ4n) is 1.98. The highest BCUT2D eigenvalue weighted by molar-refractivity contribution is 14.0. The average molecular weight is 435 g/mol. The van der Waals surface area contributed by atoms with Crippen molar-refractivity contribution in [2.75, 3.05) is 19.8 Å². The topological polar surface area (TPSA) is 68.9 Å². The maximum atomic E-state index is 5.86. The molecule has 23 heavy (non-hydrogen) atoms. The number of hydrogen-bond donors (Lipinski definition) is 2. The number of nitrogens with zero attached hydrogens (tertiary/aromatic N) is 1. The van der Waals surface area contributed by atoms with Crippen molar-refractivity contribution < 1.29 is 9.47 Å². The molecule has 6 heteroatoms. The summed E-state index contributed by atoms with van der Waals surface area (Å²) < 4.78 is 11.2. The van der Waals surface area contributed by atoms with Gasteiger partial charge in [-0.15, -0.1) is 24.0 Å². The Balaban J connectivity index is 0.00000484. The molecule has 0 bridgehead atoms. The van der Waals surface area contributed by atoms with E-state index in [2.05, 4.69) is 31.1 Å². The van der Waals surface area contributed by atoms with Crippen molar-refractivity contribution in [2.24, 2.45) is 10.7 Å². The van der Waals surface area contributed by atoms with Gasteiger partial charge in [-0.1, -0.05) is 6.07 Å². The van der Waals surface area contributed by atoms with Crippen LogP contribution in [0.25, 0.3) is 0 Å². The summed E-state index contributed by atoms with van der Waals surface area (Å²) in [5, 5.41) is 3.15. The minimum Gasteiger partial charge on any atom is -0.490 e. The fraction of sp³-hybridized carbons (Fsp3) is 0.588. The van der Waals surface area contributed by atoms with E-state index in [1.165, 1.54) is 0 Å². The summed E-state index contributed by atoms with van der Waals surface area (Å²) in [4.78, 5) is 4.35. The zero-order valence-electron chi connectivity index (χ0n) is 14.8. The van der Waals surface area contributed by atoms with Crippen LogP contribution in [0.3, 0.4) is 0 Å². The van der Waals surface area contributed by atoms with Crippen molar-refractivity contribution in [3.63, 3.8) is 0 Å². The second-order valence-corrected chi connectivity index (χ2v) is 6.04. The molecule has 0 saturated heterocycles. The number of rotatable bonds is 7. The molecule has 132 valence electrons. The Bertz CT molecular complexity index is 499. The molecule has 0 aliphatic carbocycles. The van der Waals surface area contributed by atoms with Crippen LogP contribution < -0.4 is 20.5 Å². The summed E-state index contributed by atoms with van der Waals surface area (Å²) in [6.45, 7) is 12.0. The first-order chi connectivity index (χ1) is 10.4. The van der Waals surface area contributed by atoms with E-state index in [1.807, 2.05) is 32.0 Å². The normalized spacial score (nSPS) is 11.6. The molecule has 0 heterocycles. The number of benzene rings is 1. The van der Waals surface area contributed by atoms with Crippen LogP contribution in [0.2, 0.25) is 0 Å².